The zero-order valence-corrected chi connectivity index (χ0v) is 15.5. The van der Waals surface area contributed by atoms with Crippen molar-refractivity contribution in [3.8, 4) is 0 Å². The van der Waals surface area contributed by atoms with Gasteiger partial charge >= 0.3 is 0 Å². The van der Waals surface area contributed by atoms with Crippen LogP contribution in [-0.2, 0) is 26.5 Å². The van der Waals surface area contributed by atoms with Gasteiger partial charge < -0.3 is 5.32 Å². The number of nitrogens with one attached hydrogen (secondary N) is 2. The molecule has 134 valence electrons. The molecule has 0 aromatic heterocycles. The normalized spacial score (nSPS) is 19.1. The van der Waals surface area contributed by atoms with Crippen LogP contribution in [0.3, 0.4) is 0 Å². The van der Waals surface area contributed by atoms with Crippen LogP contribution in [0.5, 0.6) is 0 Å². The summed E-state index contributed by atoms with van der Waals surface area (Å²) in [6, 6.07) is 9.69. The lowest BCUT2D eigenvalue weighted by molar-refractivity contribution is 0.562. The molecule has 1 aliphatic rings. The van der Waals surface area contributed by atoms with E-state index in [2.05, 4.69) is 10.0 Å². The second-order valence-corrected chi connectivity index (χ2v) is 9.24. The number of benzene rings is 2. The van der Waals surface area contributed by atoms with Gasteiger partial charge in [0, 0.05) is 0 Å². The Balaban J connectivity index is 2.07. The zero-order chi connectivity index (χ0) is 18.4. The smallest absolute Gasteiger partial charge is 0.244 e. The van der Waals surface area contributed by atoms with Crippen LogP contribution in [0, 0.1) is 0 Å². The van der Waals surface area contributed by atoms with Crippen LogP contribution in [0.15, 0.2) is 46.2 Å². The van der Waals surface area contributed by atoms with Gasteiger partial charge in [0.2, 0.25) is 20.0 Å². The van der Waals surface area contributed by atoms with E-state index < -0.39 is 31.1 Å². The molecule has 1 atom stereocenters. The molecular weight excluding hydrogens is 386 g/mol. The predicted molar refractivity (Wildman–Crippen MR) is 95.3 cm³/mol. The van der Waals surface area contributed by atoms with Gasteiger partial charge in [-0.05, 0) is 29.7 Å². The minimum atomic E-state index is -4.14. The molecule has 1 aliphatic heterocycles. The van der Waals surface area contributed by atoms with E-state index in [1.807, 2.05) is 31.2 Å². The minimum Gasteiger partial charge on any atom is -0.364 e. The van der Waals surface area contributed by atoms with Gasteiger partial charge in [0.15, 0.2) is 0 Å². The second kappa shape index (κ2) is 6.26. The maximum atomic E-state index is 12.5. The molecule has 0 saturated carbocycles. The number of aryl methyl sites for hydroxylation is 1. The number of rotatable bonds is 3. The molecule has 0 saturated heterocycles. The van der Waals surface area contributed by atoms with Gasteiger partial charge in [-0.2, -0.15) is 4.72 Å². The van der Waals surface area contributed by atoms with E-state index in [0.717, 1.165) is 23.6 Å². The topological polar surface area (TPSA) is 118 Å². The molecule has 3 rings (SSSR count). The zero-order valence-electron chi connectivity index (χ0n) is 13.2. The average molecular weight is 402 g/mol. The molecule has 0 amide bonds. The molecule has 2 aromatic carbocycles. The van der Waals surface area contributed by atoms with Crippen molar-refractivity contribution in [2.45, 2.75) is 29.3 Å². The van der Waals surface area contributed by atoms with Crippen LogP contribution in [-0.4, -0.2) is 16.8 Å². The molecule has 1 heterocycles. The van der Waals surface area contributed by atoms with Crippen LogP contribution >= 0.6 is 11.6 Å². The number of fused-ring (bicyclic) bond motifs is 1. The Morgan fingerprint density at radius 1 is 1.20 bits per heavy atom. The number of sulfonamides is 2. The molecule has 10 heteroatoms. The number of anilines is 1. The van der Waals surface area contributed by atoms with Crippen LogP contribution < -0.4 is 15.2 Å². The van der Waals surface area contributed by atoms with Gasteiger partial charge in [0.25, 0.3) is 0 Å². The van der Waals surface area contributed by atoms with E-state index in [1.165, 1.54) is 6.07 Å². The number of hydrogen-bond acceptors (Lipinski definition) is 5. The van der Waals surface area contributed by atoms with Crippen molar-refractivity contribution < 1.29 is 16.8 Å². The first-order valence-corrected chi connectivity index (χ1v) is 10.8. The van der Waals surface area contributed by atoms with E-state index in [9.17, 15) is 16.8 Å². The molecule has 0 aliphatic carbocycles. The van der Waals surface area contributed by atoms with Crippen molar-refractivity contribution >= 4 is 37.3 Å². The summed E-state index contributed by atoms with van der Waals surface area (Å²) >= 11 is 5.96. The highest BCUT2D eigenvalue weighted by molar-refractivity contribution is 7.90. The Bertz CT molecular complexity index is 1040. The molecule has 7 nitrogen and oxygen atoms in total. The third kappa shape index (κ3) is 3.51. The van der Waals surface area contributed by atoms with Crippen molar-refractivity contribution in [1.29, 1.82) is 0 Å². The Hall–Kier alpha value is -1.65. The van der Waals surface area contributed by atoms with Gasteiger partial charge in [-0.15, -0.1) is 0 Å². The fourth-order valence-electron chi connectivity index (χ4n) is 2.59. The van der Waals surface area contributed by atoms with Gasteiger partial charge in [0.1, 0.15) is 16.0 Å². The summed E-state index contributed by atoms with van der Waals surface area (Å²) < 4.78 is 50.7. The highest BCUT2D eigenvalue weighted by Crippen LogP contribution is 2.36. The summed E-state index contributed by atoms with van der Waals surface area (Å²) in [5.41, 5.74) is 2.06. The first kappa shape index (κ1) is 18.2. The highest BCUT2D eigenvalue weighted by atomic mass is 35.5. The van der Waals surface area contributed by atoms with Crippen molar-refractivity contribution in [2.24, 2.45) is 5.14 Å². The van der Waals surface area contributed by atoms with E-state index in [4.69, 9.17) is 16.7 Å². The third-order valence-electron chi connectivity index (χ3n) is 3.92. The summed E-state index contributed by atoms with van der Waals surface area (Å²) in [5.74, 6) is 0. The number of primary sulfonamides is 1. The SMILES string of the molecule is CCc1ccc(C2Nc3cc(Cl)c(S(N)(=O)=O)cc3S(=O)(=O)N2)cc1. The lowest BCUT2D eigenvalue weighted by Gasteiger charge is -2.29. The van der Waals surface area contributed by atoms with Crippen molar-refractivity contribution in [2.75, 3.05) is 5.32 Å². The van der Waals surface area contributed by atoms with Crippen molar-refractivity contribution in [3.63, 3.8) is 0 Å². The third-order valence-corrected chi connectivity index (χ3v) is 6.76. The molecule has 0 radical (unpaired) electrons. The van der Waals surface area contributed by atoms with Crippen LogP contribution in [0.25, 0.3) is 0 Å². The Kier molecular flexibility index (Phi) is 4.54. The van der Waals surface area contributed by atoms with E-state index >= 15 is 0 Å². The molecule has 2 aromatic rings. The maximum Gasteiger partial charge on any atom is 0.244 e. The minimum absolute atomic E-state index is 0.147. The number of halogens is 1. The Morgan fingerprint density at radius 3 is 2.40 bits per heavy atom. The molecule has 1 unspecified atom stereocenters. The quantitative estimate of drug-likeness (QED) is 0.726. The number of nitrogens with two attached hydrogens (primary N) is 1. The van der Waals surface area contributed by atoms with E-state index in [1.54, 1.807) is 0 Å². The van der Waals surface area contributed by atoms with Crippen LogP contribution in [0.4, 0.5) is 5.69 Å². The largest absolute Gasteiger partial charge is 0.364 e. The van der Waals surface area contributed by atoms with Gasteiger partial charge in [-0.1, -0.05) is 42.8 Å². The van der Waals surface area contributed by atoms with Crippen molar-refractivity contribution in [1.82, 2.24) is 4.72 Å². The molecular formula is C15H16ClN3O4S2. The molecule has 0 fully saturated rings. The maximum absolute atomic E-state index is 12.5. The Morgan fingerprint density at radius 2 is 1.84 bits per heavy atom. The van der Waals surface area contributed by atoms with Crippen molar-refractivity contribution in [3.05, 3.63) is 52.5 Å². The highest BCUT2D eigenvalue weighted by Gasteiger charge is 2.32. The molecule has 25 heavy (non-hydrogen) atoms. The summed E-state index contributed by atoms with van der Waals surface area (Å²) in [4.78, 5) is -0.659. The fourth-order valence-corrected chi connectivity index (χ4v) is 5.08. The number of hydrogen-bond donors (Lipinski definition) is 3. The lowest BCUT2D eigenvalue weighted by Crippen LogP contribution is -2.38. The summed E-state index contributed by atoms with van der Waals surface area (Å²) in [7, 11) is -8.09. The van der Waals surface area contributed by atoms with Gasteiger partial charge in [0.05, 0.1) is 10.7 Å². The van der Waals surface area contributed by atoms with E-state index in [-0.39, 0.29) is 15.6 Å². The van der Waals surface area contributed by atoms with Crippen LogP contribution in [0.1, 0.15) is 24.2 Å². The Labute approximate surface area is 151 Å². The molecule has 0 spiro atoms. The second-order valence-electron chi connectivity index (χ2n) is 5.62. The predicted octanol–water partition coefficient (Wildman–Crippen LogP) is 1.95. The molecule has 4 N–H and O–H groups in total. The van der Waals surface area contributed by atoms with Gasteiger partial charge in [-0.25, -0.2) is 22.0 Å². The van der Waals surface area contributed by atoms with E-state index in [0.29, 0.717) is 0 Å². The summed E-state index contributed by atoms with van der Waals surface area (Å²) in [5, 5.41) is 7.95. The summed E-state index contributed by atoms with van der Waals surface area (Å²) in [6.45, 7) is 2.03. The first-order chi connectivity index (χ1) is 11.6. The average Bonchev–Trinajstić information content (AvgIpc) is 2.52. The first-order valence-electron chi connectivity index (χ1n) is 7.36. The van der Waals surface area contributed by atoms with Gasteiger partial charge in [-0.3, -0.25) is 0 Å². The van der Waals surface area contributed by atoms with Crippen LogP contribution in [0.2, 0.25) is 5.02 Å². The lowest BCUT2D eigenvalue weighted by atomic mass is 10.1. The standard InChI is InChI=1S/C15H16ClN3O4S2/c1-2-9-3-5-10(6-4-9)15-18-12-7-11(16)13(24(17,20)21)8-14(12)25(22,23)19-15/h3-8,15,18-19H,2H2,1H3,(H2,17,20,21). The molecule has 0 bridgehead atoms. The fraction of sp³-hybridized carbons (Fsp3) is 0.200. The summed E-state index contributed by atoms with van der Waals surface area (Å²) in [6.07, 6.45) is 0.179. The monoisotopic (exact) mass is 401 g/mol.